The summed E-state index contributed by atoms with van der Waals surface area (Å²) in [5.41, 5.74) is 4.11. The van der Waals surface area contributed by atoms with Crippen LogP contribution in [0.1, 0.15) is 17.7 Å². The predicted molar refractivity (Wildman–Crippen MR) is 137 cm³/mol. The van der Waals surface area contributed by atoms with E-state index in [-0.39, 0.29) is 12.4 Å². The van der Waals surface area contributed by atoms with Gasteiger partial charge < -0.3 is 5.32 Å². The number of rotatable bonds is 11. The van der Waals surface area contributed by atoms with Crippen LogP contribution in [0.2, 0.25) is 0 Å². The summed E-state index contributed by atoms with van der Waals surface area (Å²) >= 11 is 1.62. The molecule has 0 aliphatic heterocycles. The maximum atomic E-state index is 14.2. The van der Waals surface area contributed by atoms with Crippen molar-refractivity contribution in [2.45, 2.75) is 24.7 Å². The SMILES string of the molecule is Fc1ccccc1Cn1nc(CNCCCSc2nnnn2-c2ccccc2)c(-c2ccccc2)n1. The molecule has 2 heterocycles. The summed E-state index contributed by atoms with van der Waals surface area (Å²) < 4.78 is 15.9. The molecule has 0 atom stereocenters. The first-order valence-corrected chi connectivity index (χ1v) is 12.7. The van der Waals surface area contributed by atoms with Crippen LogP contribution in [0.5, 0.6) is 0 Å². The molecule has 0 amide bonds. The third kappa shape index (κ3) is 5.84. The Morgan fingerprint density at radius 2 is 1.61 bits per heavy atom. The van der Waals surface area contributed by atoms with Crippen molar-refractivity contribution >= 4 is 11.8 Å². The van der Waals surface area contributed by atoms with Crippen LogP contribution in [0.3, 0.4) is 0 Å². The van der Waals surface area contributed by atoms with E-state index in [9.17, 15) is 4.39 Å². The van der Waals surface area contributed by atoms with Crippen LogP contribution in [0.25, 0.3) is 16.9 Å². The molecule has 10 heteroatoms. The van der Waals surface area contributed by atoms with Gasteiger partial charge in [0.25, 0.3) is 0 Å². The number of nitrogens with zero attached hydrogens (tertiary/aromatic N) is 7. The smallest absolute Gasteiger partial charge is 0.214 e. The van der Waals surface area contributed by atoms with Gasteiger partial charge in [-0.25, -0.2) is 4.39 Å². The van der Waals surface area contributed by atoms with Crippen LogP contribution >= 0.6 is 11.8 Å². The third-order valence-corrected chi connectivity index (χ3v) is 6.51. The van der Waals surface area contributed by atoms with Gasteiger partial charge in [-0.3, -0.25) is 0 Å². The van der Waals surface area contributed by atoms with Crippen molar-refractivity contribution in [2.24, 2.45) is 0 Å². The van der Waals surface area contributed by atoms with E-state index in [1.165, 1.54) is 6.07 Å². The van der Waals surface area contributed by atoms with Gasteiger partial charge in [0.1, 0.15) is 17.2 Å². The molecule has 5 rings (SSSR count). The number of para-hydroxylation sites is 1. The van der Waals surface area contributed by atoms with Crippen molar-refractivity contribution in [3.63, 3.8) is 0 Å². The summed E-state index contributed by atoms with van der Waals surface area (Å²) in [4.78, 5) is 1.57. The van der Waals surface area contributed by atoms with Crippen molar-refractivity contribution in [1.29, 1.82) is 0 Å². The van der Waals surface area contributed by atoms with Gasteiger partial charge in [0.2, 0.25) is 5.16 Å². The topological polar surface area (TPSA) is 86.3 Å². The second-order valence-corrected chi connectivity index (χ2v) is 9.13. The molecule has 0 bridgehead atoms. The predicted octanol–water partition coefficient (Wildman–Crippen LogP) is 4.38. The second kappa shape index (κ2) is 11.7. The summed E-state index contributed by atoms with van der Waals surface area (Å²) in [6, 6.07) is 26.5. The first kappa shape index (κ1) is 23.8. The number of aromatic nitrogens is 7. The fourth-order valence-electron chi connectivity index (χ4n) is 3.74. The zero-order chi connectivity index (χ0) is 24.6. The minimum atomic E-state index is -0.258. The normalized spacial score (nSPS) is 11.1. The molecule has 0 fully saturated rings. The molecular weight excluding hydrogens is 475 g/mol. The van der Waals surface area contributed by atoms with Gasteiger partial charge in [0.15, 0.2) is 0 Å². The number of halogens is 1. The number of thioether (sulfide) groups is 1. The zero-order valence-electron chi connectivity index (χ0n) is 19.5. The Balaban J connectivity index is 1.18. The minimum absolute atomic E-state index is 0.258. The van der Waals surface area contributed by atoms with Gasteiger partial charge in [0.05, 0.1) is 12.2 Å². The number of hydrogen-bond acceptors (Lipinski definition) is 7. The van der Waals surface area contributed by atoms with E-state index in [4.69, 9.17) is 0 Å². The van der Waals surface area contributed by atoms with Crippen LogP contribution in [0.15, 0.2) is 90.1 Å². The van der Waals surface area contributed by atoms with E-state index in [2.05, 4.69) is 31.0 Å². The van der Waals surface area contributed by atoms with Crippen molar-refractivity contribution in [2.75, 3.05) is 12.3 Å². The van der Waals surface area contributed by atoms with Crippen molar-refractivity contribution in [3.05, 3.63) is 102 Å². The lowest BCUT2D eigenvalue weighted by Gasteiger charge is -2.05. The molecule has 0 saturated carbocycles. The van der Waals surface area contributed by atoms with Gasteiger partial charge in [0, 0.05) is 23.4 Å². The molecule has 1 N–H and O–H groups in total. The van der Waals surface area contributed by atoms with E-state index in [1.807, 2.05) is 66.7 Å². The van der Waals surface area contributed by atoms with Crippen molar-refractivity contribution in [3.8, 4) is 16.9 Å². The van der Waals surface area contributed by atoms with Crippen LogP contribution in [0, 0.1) is 5.82 Å². The van der Waals surface area contributed by atoms with Crippen LogP contribution in [0.4, 0.5) is 4.39 Å². The van der Waals surface area contributed by atoms with Gasteiger partial charge in [-0.2, -0.15) is 19.7 Å². The van der Waals surface area contributed by atoms with E-state index in [0.29, 0.717) is 12.1 Å². The van der Waals surface area contributed by atoms with Crippen molar-refractivity contribution < 1.29 is 4.39 Å². The highest BCUT2D eigenvalue weighted by atomic mass is 32.2. The molecule has 5 aromatic rings. The molecule has 0 spiro atoms. The summed E-state index contributed by atoms with van der Waals surface area (Å²) in [6.07, 6.45) is 0.927. The van der Waals surface area contributed by atoms with Gasteiger partial charge in [-0.1, -0.05) is 78.5 Å². The van der Waals surface area contributed by atoms with Gasteiger partial charge >= 0.3 is 0 Å². The maximum absolute atomic E-state index is 14.2. The summed E-state index contributed by atoms with van der Waals surface area (Å²) in [5.74, 6) is 0.609. The first-order valence-electron chi connectivity index (χ1n) is 11.7. The molecule has 2 aromatic heterocycles. The molecule has 0 radical (unpaired) electrons. The Hall–Kier alpha value is -3.89. The monoisotopic (exact) mass is 500 g/mol. The highest BCUT2D eigenvalue weighted by Crippen LogP contribution is 2.21. The van der Waals surface area contributed by atoms with Crippen molar-refractivity contribution in [1.82, 2.24) is 40.5 Å². The highest BCUT2D eigenvalue weighted by Gasteiger charge is 2.14. The fraction of sp³-hybridized carbons (Fsp3) is 0.192. The minimum Gasteiger partial charge on any atom is -0.311 e. The van der Waals surface area contributed by atoms with E-state index >= 15 is 0 Å². The third-order valence-electron chi connectivity index (χ3n) is 5.50. The standard InChI is InChI=1S/C26H25FN8S/c27-23-15-8-7-12-21(23)19-34-30-24(25(31-34)20-10-3-1-4-11-20)18-28-16-9-17-36-26-29-32-33-35(26)22-13-5-2-6-14-22/h1-8,10-15,28H,9,16-19H2. The Morgan fingerprint density at radius 1 is 0.861 bits per heavy atom. The summed E-state index contributed by atoms with van der Waals surface area (Å²) in [7, 11) is 0. The zero-order valence-corrected chi connectivity index (χ0v) is 20.4. The molecular formula is C26H25FN8S. The Kier molecular flexibility index (Phi) is 7.74. The van der Waals surface area contributed by atoms with Crippen LogP contribution in [-0.2, 0) is 13.1 Å². The number of nitrogens with one attached hydrogen (secondary N) is 1. The lowest BCUT2D eigenvalue weighted by atomic mass is 10.1. The lowest BCUT2D eigenvalue weighted by Crippen LogP contribution is -2.16. The molecule has 36 heavy (non-hydrogen) atoms. The molecule has 182 valence electrons. The Bertz CT molecular complexity index is 1390. The second-order valence-electron chi connectivity index (χ2n) is 8.07. The fourth-order valence-corrected chi connectivity index (χ4v) is 4.57. The molecule has 3 aromatic carbocycles. The van der Waals surface area contributed by atoms with Crippen LogP contribution < -0.4 is 5.32 Å². The summed E-state index contributed by atoms with van der Waals surface area (Å²) in [6.45, 7) is 1.64. The largest absolute Gasteiger partial charge is 0.311 e. The average Bonchev–Trinajstić information content (AvgIpc) is 3.55. The van der Waals surface area contributed by atoms with Gasteiger partial charge in [-0.15, -0.1) is 5.10 Å². The molecule has 0 aliphatic rings. The number of tetrazole rings is 1. The lowest BCUT2D eigenvalue weighted by molar-refractivity contribution is 0.543. The Morgan fingerprint density at radius 3 is 2.42 bits per heavy atom. The van der Waals surface area contributed by atoms with E-state index < -0.39 is 0 Å². The average molecular weight is 501 g/mol. The number of hydrogen-bond donors (Lipinski definition) is 1. The van der Waals surface area contributed by atoms with Crippen LogP contribution in [-0.4, -0.2) is 47.5 Å². The molecule has 8 nitrogen and oxygen atoms in total. The quantitative estimate of drug-likeness (QED) is 0.213. The number of benzene rings is 3. The molecule has 0 aliphatic carbocycles. The highest BCUT2D eigenvalue weighted by molar-refractivity contribution is 7.99. The van der Waals surface area contributed by atoms with E-state index in [0.717, 1.165) is 46.5 Å². The van der Waals surface area contributed by atoms with E-state index in [1.54, 1.807) is 33.4 Å². The summed E-state index contributed by atoms with van der Waals surface area (Å²) in [5, 5.41) is 25.6. The Labute approximate surface area is 212 Å². The first-order chi connectivity index (χ1) is 17.8. The molecule has 0 saturated heterocycles. The molecule has 0 unspecified atom stereocenters. The maximum Gasteiger partial charge on any atom is 0.214 e. The van der Waals surface area contributed by atoms with Gasteiger partial charge in [-0.05, 0) is 41.6 Å².